The average Bonchev–Trinajstić information content (AvgIpc) is 1.90. The van der Waals surface area contributed by atoms with Gasteiger partial charge >= 0.3 is 0 Å². The Morgan fingerprint density at radius 1 is 1.56 bits per heavy atom. The summed E-state index contributed by atoms with van der Waals surface area (Å²) in [6.45, 7) is 1.91. The second-order valence-corrected chi connectivity index (χ2v) is 2.07. The zero-order chi connectivity index (χ0) is 6.69. The second kappa shape index (κ2) is 3.12. The first-order valence-corrected chi connectivity index (χ1v) is 2.97. The molecule has 4 nitrogen and oxygen atoms in total. The summed E-state index contributed by atoms with van der Waals surface area (Å²) in [6, 6.07) is 0. The number of ether oxygens (including phenoxy) is 2. The number of nitrogens with two attached hydrogens (primary N) is 1. The fourth-order valence-corrected chi connectivity index (χ4v) is 0.710. The van der Waals surface area contributed by atoms with Gasteiger partial charge in [-0.05, 0) is 0 Å². The van der Waals surface area contributed by atoms with Gasteiger partial charge in [-0.3, -0.25) is 5.84 Å². The number of hydrogen-bond donors (Lipinski definition) is 1. The third kappa shape index (κ3) is 1.91. The van der Waals surface area contributed by atoms with Gasteiger partial charge in [-0.25, -0.2) is 5.01 Å². The Bertz CT molecular complexity index is 81.0. The molecule has 1 rings (SSSR count). The molecule has 1 saturated heterocycles. The topological polar surface area (TPSA) is 47.7 Å². The first-order valence-electron chi connectivity index (χ1n) is 2.97. The van der Waals surface area contributed by atoms with Crippen LogP contribution in [0.5, 0.6) is 0 Å². The predicted octanol–water partition coefficient (Wildman–Crippen LogP) is -0.835. The highest BCUT2D eigenvalue weighted by Crippen LogP contribution is 2.00. The number of hydrogen-bond acceptors (Lipinski definition) is 4. The molecule has 0 aromatic rings. The maximum Gasteiger partial charge on any atom is 0.146 e. The van der Waals surface area contributed by atoms with Crippen LogP contribution in [0.4, 0.5) is 0 Å². The molecular weight excluding hydrogens is 120 g/mol. The summed E-state index contributed by atoms with van der Waals surface area (Å²) in [7, 11) is 1.76. The zero-order valence-corrected chi connectivity index (χ0v) is 5.54. The van der Waals surface area contributed by atoms with Crippen LogP contribution in [0.15, 0.2) is 0 Å². The molecule has 1 aliphatic rings. The molecule has 0 radical (unpaired) electrons. The number of rotatable bonds is 1. The van der Waals surface area contributed by atoms with Gasteiger partial charge in [0.1, 0.15) is 6.23 Å². The quantitative estimate of drug-likeness (QED) is 0.373. The normalized spacial score (nSPS) is 29.0. The molecule has 0 saturated carbocycles. The fourth-order valence-electron chi connectivity index (χ4n) is 0.710. The van der Waals surface area contributed by atoms with Crippen LogP contribution in [0.25, 0.3) is 0 Å². The van der Waals surface area contributed by atoms with E-state index in [1.807, 2.05) is 0 Å². The number of nitrogens with zero attached hydrogens (tertiary/aromatic N) is 1. The number of likely N-dealkylation sites (N-methyl/N-ethyl adjacent to an activating group) is 1. The Labute approximate surface area is 54.5 Å². The van der Waals surface area contributed by atoms with Gasteiger partial charge < -0.3 is 9.47 Å². The molecule has 1 heterocycles. The van der Waals surface area contributed by atoms with E-state index in [0.29, 0.717) is 19.8 Å². The molecule has 4 heteroatoms. The van der Waals surface area contributed by atoms with Crippen molar-refractivity contribution in [3.63, 3.8) is 0 Å². The molecule has 0 aromatic carbocycles. The van der Waals surface area contributed by atoms with Crippen LogP contribution in [0.2, 0.25) is 0 Å². The monoisotopic (exact) mass is 132 g/mol. The Morgan fingerprint density at radius 2 is 2.33 bits per heavy atom. The molecule has 9 heavy (non-hydrogen) atoms. The van der Waals surface area contributed by atoms with E-state index in [-0.39, 0.29) is 6.23 Å². The minimum atomic E-state index is -0.0567. The summed E-state index contributed by atoms with van der Waals surface area (Å²) >= 11 is 0. The lowest BCUT2D eigenvalue weighted by molar-refractivity contribution is -0.148. The molecule has 1 fully saturated rings. The molecular formula is C5H12N2O2. The lowest BCUT2D eigenvalue weighted by Crippen LogP contribution is -2.45. The van der Waals surface area contributed by atoms with Crippen LogP contribution in [0.3, 0.4) is 0 Å². The van der Waals surface area contributed by atoms with Gasteiger partial charge in [0.15, 0.2) is 0 Å². The van der Waals surface area contributed by atoms with E-state index in [0.717, 1.165) is 0 Å². The van der Waals surface area contributed by atoms with Crippen molar-refractivity contribution in [1.29, 1.82) is 0 Å². The minimum absolute atomic E-state index is 0.0567. The van der Waals surface area contributed by atoms with Crippen molar-refractivity contribution in [2.24, 2.45) is 5.84 Å². The maximum atomic E-state index is 5.40. The maximum absolute atomic E-state index is 5.40. The van der Waals surface area contributed by atoms with E-state index in [1.165, 1.54) is 5.01 Å². The van der Waals surface area contributed by atoms with Crippen molar-refractivity contribution >= 4 is 0 Å². The molecule has 0 aliphatic carbocycles. The first-order chi connectivity index (χ1) is 4.30. The Morgan fingerprint density at radius 3 is 2.67 bits per heavy atom. The highest BCUT2D eigenvalue weighted by Gasteiger charge is 2.15. The molecule has 0 spiro atoms. The van der Waals surface area contributed by atoms with Crippen LogP contribution >= 0.6 is 0 Å². The number of hydrazine groups is 1. The molecule has 1 unspecified atom stereocenters. The average molecular weight is 132 g/mol. The summed E-state index contributed by atoms with van der Waals surface area (Å²) in [5.74, 6) is 5.40. The highest BCUT2D eigenvalue weighted by atomic mass is 16.6. The van der Waals surface area contributed by atoms with Gasteiger partial charge in [0.25, 0.3) is 0 Å². The standard InChI is InChI=1S/C5H12N2O2/c1-7(6)5-4-8-2-3-9-5/h5H,2-4,6H2,1H3. The van der Waals surface area contributed by atoms with Crippen molar-refractivity contribution in [2.45, 2.75) is 6.23 Å². The van der Waals surface area contributed by atoms with Crippen LogP contribution in [0.1, 0.15) is 0 Å². The predicted molar refractivity (Wildman–Crippen MR) is 32.5 cm³/mol. The largest absolute Gasteiger partial charge is 0.375 e. The lowest BCUT2D eigenvalue weighted by Gasteiger charge is -2.27. The van der Waals surface area contributed by atoms with Crippen molar-refractivity contribution < 1.29 is 9.47 Å². The van der Waals surface area contributed by atoms with E-state index in [9.17, 15) is 0 Å². The SMILES string of the molecule is CN(N)C1COCCO1. The van der Waals surface area contributed by atoms with Crippen molar-refractivity contribution in [2.75, 3.05) is 26.9 Å². The molecule has 2 N–H and O–H groups in total. The third-order valence-electron chi connectivity index (χ3n) is 1.25. The molecule has 0 bridgehead atoms. The van der Waals surface area contributed by atoms with Crippen molar-refractivity contribution in [1.82, 2.24) is 5.01 Å². The van der Waals surface area contributed by atoms with Crippen LogP contribution in [-0.2, 0) is 9.47 Å². The summed E-state index contributed by atoms with van der Waals surface area (Å²) < 4.78 is 10.3. The smallest absolute Gasteiger partial charge is 0.146 e. The van der Waals surface area contributed by atoms with E-state index in [1.54, 1.807) is 7.05 Å². The minimum Gasteiger partial charge on any atom is -0.375 e. The Kier molecular flexibility index (Phi) is 2.41. The Hall–Kier alpha value is -0.160. The second-order valence-electron chi connectivity index (χ2n) is 2.07. The molecule has 0 amide bonds. The summed E-state index contributed by atoms with van der Waals surface area (Å²) in [6.07, 6.45) is -0.0567. The van der Waals surface area contributed by atoms with E-state index >= 15 is 0 Å². The highest BCUT2D eigenvalue weighted by molar-refractivity contribution is 4.54. The molecule has 1 aliphatic heterocycles. The molecule has 0 aromatic heterocycles. The summed E-state index contributed by atoms with van der Waals surface area (Å²) in [5, 5.41) is 1.51. The van der Waals surface area contributed by atoms with E-state index < -0.39 is 0 Å². The van der Waals surface area contributed by atoms with Gasteiger partial charge in [0.05, 0.1) is 19.8 Å². The van der Waals surface area contributed by atoms with Gasteiger partial charge in [-0.1, -0.05) is 0 Å². The van der Waals surface area contributed by atoms with Gasteiger partial charge in [0, 0.05) is 7.05 Å². The van der Waals surface area contributed by atoms with E-state index in [4.69, 9.17) is 15.3 Å². The van der Waals surface area contributed by atoms with Crippen LogP contribution in [-0.4, -0.2) is 38.1 Å². The third-order valence-corrected chi connectivity index (χ3v) is 1.25. The zero-order valence-electron chi connectivity index (χ0n) is 5.54. The lowest BCUT2D eigenvalue weighted by atomic mass is 10.5. The fraction of sp³-hybridized carbons (Fsp3) is 1.00. The first kappa shape index (κ1) is 6.95. The van der Waals surface area contributed by atoms with Gasteiger partial charge in [-0.15, -0.1) is 0 Å². The van der Waals surface area contributed by atoms with E-state index in [2.05, 4.69) is 0 Å². The van der Waals surface area contributed by atoms with Crippen LogP contribution in [0, 0.1) is 0 Å². The summed E-state index contributed by atoms with van der Waals surface area (Å²) in [4.78, 5) is 0. The van der Waals surface area contributed by atoms with Crippen LogP contribution < -0.4 is 5.84 Å². The van der Waals surface area contributed by atoms with Gasteiger partial charge in [-0.2, -0.15) is 0 Å². The van der Waals surface area contributed by atoms with Gasteiger partial charge in [0.2, 0.25) is 0 Å². The van der Waals surface area contributed by atoms with Crippen molar-refractivity contribution in [3.05, 3.63) is 0 Å². The molecule has 1 atom stereocenters. The Balaban J connectivity index is 2.23. The summed E-state index contributed by atoms with van der Waals surface area (Å²) in [5.41, 5.74) is 0. The van der Waals surface area contributed by atoms with Crippen molar-refractivity contribution in [3.8, 4) is 0 Å². The molecule has 54 valence electrons.